The van der Waals surface area contributed by atoms with Gasteiger partial charge in [0.15, 0.2) is 0 Å². The maximum absolute atomic E-state index is 13.1. The molecule has 1 amide bonds. The lowest BCUT2D eigenvalue weighted by Crippen LogP contribution is -2.30. The highest BCUT2D eigenvalue weighted by Gasteiger charge is 2.23. The third-order valence-electron chi connectivity index (χ3n) is 5.46. The van der Waals surface area contributed by atoms with Crippen LogP contribution in [0.3, 0.4) is 0 Å². The molecule has 32 heavy (non-hydrogen) atoms. The second-order valence-electron chi connectivity index (χ2n) is 7.45. The smallest absolute Gasteiger partial charge is 0.277 e. The molecule has 1 aliphatic rings. The van der Waals surface area contributed by atoms with E-state index in [2.05, 4.69) is 34.5 Å². The van der Waals surface area contributed by atoms with Crippen molar-refractivity contribution in [2.45, 2.75) is 18.3 Å². The van der Waals surface area contributed by atoms with Crippen LogP contribution in [0.15, 0.2) is 82.4 Å². The van der Waals surface area contributed by atoms with Gasteiger partial charge in [0.05, 0.1) is 12.9 Å². The molecule has 7 heteroatoms. The van der Waals surface area contributed by atoms with E-state index < -0.39 is 0 Å². The number of nitrogens with zero attached hydrogens (tertiary/aromatic N) is 3. The van der Waals surface area contributed by atoms with Gasteiger partial charge in [0.1, 0.15) is 5.75 Å². The number of ether oxygens (including phenoxy) is 1. The standard InChI is InChI=1S/C25H21N3O3S/c1-30-20-12-10-17(11-13-20)24-26-27-25(31-24)32-16-23(29)28-14-18-6-2-4-8-21(18)22-9-5-3-7-19(22)15-28/h2-13H,14-16H2,1H3. The van der Waals surface area contributed by atoms with Crippen molar-refractivity contribution in [3.05, 3.63) is 83.9 Å². The molecule has 0 atom stereocenters. The maximum atomic E-state index is 13.1. The number of carbonyl (C=O) groups excluding carboxylic acids is 1. The van der Waals surface area contributed by atoms with Crippen LogP contribution in [0.1, 0.15) is 11.1 Å². The van der Waals surface area contributed by atoms with Crippen molar-refractivity contribution in [1.29, 1.82) is 0 Å². The van der Waals surface area contributed by atoms with Gasteiger partial charge >= 0.3 is 0 Å². The molecule has 0 bridgehead atoms. The van der Waals surface area contributed by atoms with E-state index in [1.165, 1.54) is 22.9 Å². The monoisotopic (exact) mass is 443 g/mol. The summed E-state index contributed by atoms with van der Waals surface area (Å²) in [6, 6.07) is 23.9. The quantitative estimate of drug-likeness (QED) is 0.402. The van der Waals surface area contributed by atoms with Gasteiger partial charge in [0.2, 0.25) is 11.8 Å². The van der Waals surface area contributed by atoms with Crippen LogP contribution in [-0.2, 0) is 17.9 Å². The van der Waals surface area contributed by atoms with E-state index in [9.17, 15) is 4.79 Å². The minimum atomic E-state index is 0.0331. The lowest BCUT2D eigenvalue weighted by Gasteiger charge is -2.21. The van der Waals surface area contributed by atoms with Crippen LogP contribution in [0.2, 0.25) is 0 Å². The molecule has 0 aliphatic carbocycles. The van der Waals surface area contributed by atoms with E-state index in [-0.39, 0.29) is 11.7 Å². The van der Waals surface area contributed by atoms with Crippen molar-refractivity contribution >= 4 is 17.7 Å². The Morgan fingerprint density at radius 3 is 2.19 bits per heavy atom. The summed E-state index contributed by atoms with van der Waals surface area (Å²) in [5, 5.41) is 8.57. The summed E-state index contributed by atoms with van der Waals surface area (Å²) in [6.45, 7) is 1.15. The number of aromatic nitrogens is 2. The van der Waals surface area contributed by atoms with E-state index in [4.69, 9.17) is 9.15 Å². The number of methoxy groups -OCH3 is 1. The van der Waals surface area contributed by atoms with Crippen molar-refractivity contribution in [3.8, 4) is 28.3 Å². The summed E-state index contributed by atoms with van der Waals surface area (Å²) in [5.41, 5.74) is 5.47. The molecule has 0 saturated heterocycles. The second kappa shape index (κ2) is 8.88. The van der Waals surface area contributed by atoms with Crippen molar-refractivity contribution < 1.29 is 13.9 Å². The van der Waals surface area contributed by atoms with Crippen molar-refractivity contribution in [2.75, 3.05) is 12.9 Å². The van der Waals surface area contributed by atoms with Crippen LogP contribution in [-0.4, -0.2) is 33.9 Å². The fourth-order valence-electron chi connectivity index (χ4n) is 3.82. The molecule has 0 N–H and O–H groups in total. The average molecular weight is 444 g/mol. The summed E-state index contributed by atoms with van der Waals surface area (Å²) in [6.07, 6.45) is 0. The third kappa shape index (κ3) is 4.11. The molecule has 0 fully saturated rings. The fraction of sp³-hybridized carbons (Fsp3) is 0.160. The van der Waals surface area contributed by atoms with Crippen LogP contribution >= 0.6 is 11.8 Å². The zero-order valence-corrected chi connectivity index (χ0v) is 18.3. The zero-order valence-electron chi connectivity index (χ0n) is 17.5. The molecule has 3 aromatic carbocycles. The average Bonchev–Trinajstić information content (AvgIpc) is 3.25. The number of fused-ring (bicyclic) bond motifs is 3. The van der Waals surface area contributed by atoms with Crippen LogP contribution in [0.5, 0.6) is 5.75 Å². The van der Waals surface area contributed by atoms with Gasteiger partial charge in [-0.15, -0.1) is 10.2 Å². The molecule has 0 spiro atoms. The minimum Gasteiger partial charge on any atom is -0.497 e. The highest BCUT2D eigenvalue weighted by molar-refractivity contribution is 7.99. The molecule has 160 valence electrons. The van der Waals surface area contributed by atoms with Gasteiger partial charge < -0.3 is 14.1 Å². The van der Waals surface area contributed by atoms with Gasteiger partial charge in [-0.3, -0.25) is 4.79 Å². The van der Waals surface area contributed by atoms with Crippen LogP contribution in [0.25, 0.3) is 22.6 Å². The van der Waals surface area contributed by atoms with Crippen molar-refractivity contribution in [2.24, 2.45) is 0 Å². The van der Waals surface area contributed by atoms with Crippen molar-refractivity contribution in [1.82, 2.24) is 15.1 Å². The summed E-state index contributed by atoms with van der Waals surface area (Å²) < 4.78 is 10.9. The molecular formula is C25H21N3O3S. The first-order valence-corrected chi connectivity index (χ1v) is 11.2. The second-order valence-corrected chi connectivity index (χ2v) is 8.38. The van der Waals surface area contributed by atoms with E-state index in [0.29, 0.717) is 24.2 Å². The van der Waals surface area contributed by atoms with E-state index in [1.54, 1.807) is 7.11 Å². The van der Waals surface area contributed by atoms with Gasteiger partial charge in [0, 0.05) is 18.7 Å². The summed E-state index contributed by atoms with van der Waals surface area (Å²) in [5.74, 6) is 1.44. The van der Waals surface area contributed by atoms with Crippen LogP contribution in [0, 0.1) is 0 Å². The number of rotatable bonds is 5. The molecule has 0 unspecified atom stereocenters. The van der Waals surface area contributed by atoms with E-state index >= 15 is 0 Å². The Kier molecular flexibility index (Phi) is 5.64. The first kappa shape index (κ1) is 20.3. The van der Waals surface area contributed by atoms with Crippen LogP contribution in [0.4, 0.5) is 0 Å². The molecule has 6 nitrogen and oxygen atoms in total. The number of thioether (sulfide) groups is 1. The fourth-order valence-corrected chi connectivity index (χ4v) is 4.48. The Morgan fingerprint density at radius 2 is 1.56 bits per heavy atom. The molecule has 5 rings (SSSR count). The van der Waals surface area contributed by atoms with Crippen LogP contribution < -0.4 is 4.74 Å². The first-order valence-electron chi connectivity index (χ1n) is 10.3. The molecule has 0 saturated carbocycles. The van der Waals surface area contributed by atoms with Gasteiger partial charge in [0.25, 0.3) is 5.22 Å². The Hall–Kier alpha value is -3.58. The number of hydrogen-bond donors (Lipinski definition) is 0. The number of hydrogen-bond acceptors (Lipinski definition) is 6. The largest absolute Gasteiger partial charge is 0.497 e. The predicted molar refractivity (Wildman–Crippen MR) is 123 cm³/mol. The van der Waals surface area contributed by atoms with Gasteiger partial charge in [-0.05, 0) is 46.5 Å². The predicted octanol–water partition coefficient (Wildman–Crippen LogP) is 5.05. The first-order chi connectivity index (χ1) is 15.7. The molecule has 4 aromatic rings. The SMILES string of the molecule is COc1ccc(-c2nnc(SCC(=O)N3Cc4ccccc4-c4ccccc4C3)o2)cc1. The number of amides is 1. The Balaban J connectivity index is 1.29. The zero-order chi connectivity index (χ0) is 21.9. The summed E-state index contributed by atoms with van der Waals surface area (Å²) in [4.78, 5) is 15.0. The maximum Gasteiger partial charge on any atom is 0.277 e. The van der Waals surface area contributed by atoms with Gasteiger partial charge in [-0.25, -0.2) is 0 Å². The molecule has 1 aliphatic heterocycles. The number of carbonyl (C=O) groups is 1. The van der Waals surface area contributed by atoms with Gasteiger partial charge in [-0.1, -0.05) is 60.3 Å². The highest BCUT2D eigenvalue weighted by Crippen LogP contribution is 2.33. The van der Waals surface area contributed by atoms with E-state index in [1.807, 2.05) is 53.4 Å². The Morgan fingerprint density at radius 1 is 0.938 bits per heavy atom. The third-order valence-corrected chi connectivity index (χ3v) is 6.27. The summed E-state index contributed by atoms with van der Waals surface area (Å²) >= 11 is 1.26. The number of benzene rings is 3. The lowest BCUT2D eigenvalue weighted by molar-refractivity contribution is -0.129. The van der Waals surface area contributed by atoms with E-state index in [0.717, 1.165) is 22.4 Å². The van der Waals surface area contributed by atoms with Crippen molar-refractivity contribution in [3.63, 3.8) is 0 Å². The normalized spacial score (nSPS) is 12.6. The molecule has 1 aromatic heterocycles. The lowest BCUT2D eigenvalue weighted by atomic mass is 9.97. The Labute approximate surface area is 190 Å². The minimum absolute atomic E-state index is 0.0331. The Bertz CT molecular complexity index is 1210. The summed E-state index contributed by atoms with van der Waals surface area (Å²) in [7, 11) is 1.62. The molecular weight excluding hydrogens is 422 g/mol. The highest BCUT2D eigenvalue weighted by atomic mass is 32.2. The molecule has 2 heterocycles. The van der Waals surface area contributed by atoms with Gasteiger partial charge in [-0.2, -0.15) is 0 Å². The molecule has 0 radical (unpaired) electrons. The topological polar surface area (TPSA) is 68.5 Å².